The molecule has 0 aliphatic carbocycles. The maximum atomic E-state index is 12.4. The van der Waals surface area contributed by atoms with Crippen LogP contribution in [0, 0.1) is 0 Å². The van der Waals surface area contributed by atoms with E-state index in [1.165, 1.54) is 11.0 Å². The molecular formula is C12H14F2N4O2. The summed E-state index contributed by atoms with van der Waals surface area (Å²) in [7, 11) is 0. The number of amides is 2. The number of carbonyl (C=O) groups is 2. The normalized spacial score (nSPS) is 15.2. The van der Waals surface area contributed by atoms with Crippen LogP contribution in [0.5, 0.6) is 0 Å². The topological polar surface area (TPSA) is 75.2 Å². The Morgan fingerprint density at radius 1 is 1.25 bits per heavy atom. The third kappa shape index (κ3) is 3.46. The highest BCUT2D eigenvalue weighted by Gasteiger charge is 2.27. The summed E-state index contributed by atoms with van der Waals surface area (Å²) in [5, 5.41) is 2.86. The fraction of sp³-hybridized carbons (Fsp3) is 0.500. The lowest BCUT2D eigenvalue weighted by Crippen LogP contribution is -2.31. The van der Waals surface area contributed by atoms with Crippen molar-refractivity contribution in [3.63, 3.8) is 0 Å². The third-order valence-corrected chi connectivity index (χ3v) is 2.93. The van der Waals surface area contributed by atoms with E-state index >= 15 is 0 Å². The van der Waals surface area contributed by atoms with Crippen molar-refractivity contribution in [3.8, 4) is 0 Å². The second-order valence-electron chi connectivity index (χ2n) is 4.35. The molecule has 20 heavy (non-hydrogen) atoms. The van der Waals surface area contributed by atoms with E-state index in [0.29, 0.717) is 25.3 Å². The van der Waals surface area contributed by atoms with Gasteiger partial charge in [-0.3, -0.25) is 14.5 Å². The van der Waals surface area contributed by atoms with Gasteiger partial charge in [-0.15, -0.1) is 0 Å². The van der Waals surface area contributed by atoms with Gasteiger partial charge in [0.05, 0.1) is 0 Å². The largest absolute Gasteiger partial charge is 0.370 e. The summed E-state index contributed by atoms with van der Waals surface area (Å²) >= 11 is 0. The van der Waals surface area contributed by atoms with Crippen molar-refractivity contribution in [1.29, 1.82) is 0 Å². The summed E-state index contributed by atoms with van der Waals surface area (Å²) in [6.45, 7) is 0.758. The molecule has 0 aromatic carbocycles. The molecule has 0 radical (unpaired) electrons. The van der Waals surface area contributed by atoms with Gasteiger partial charge < -0.3 is 5.32 Å². The number of hydrogen-bond donors (Lipinski definition) is 1. The molecule has 0 atom stereocenters. The molecule has 1 aromatic rings. The van der Waals surface area contributed by atoms with Crippen molar-refractivity contribution < 1.29 is 18.4 Å². The number of halogens is 2. The van der Waals surface area contributed by atoms with Gasteiger partial charge in [0.1, 0.15) is 17.8 Å². The molecule has 1 aromatic heterocycles. The Labute approximate surface area is 114 Å². The predicted molar refractivity (Wildman–Crippen MR) is 66.0 cm³/mol. The van der Waals surface area contributed by atoms with E-state index in [2.05, 4.69) is 15.3 Å². The molecule has 6 nitrogen and oxygen atoms in total. The van der Waals surface area contributed by atoms with Gasteiger partial charge >= 0.3 is 0 Å². The Morgan fingerprint density at radius 3 is 2.60 bits per heavy atom. The molecule has 0 unspecified atom stereocenters. The van der Waals surface area contributed by atoms with Crippen molar-refractivity contribution >= 4 is 17.6 Å². The average molecular weight is 284 g/mol. The number of anilines is 1. The molecule has 8 heteroatoms. The summed E-state index contributed by atoms with van der Waals surface area (Å²) in [6.07, 6.45) is -0.493. The van der Waals surface area contributed by atoms with Gasteiger partial charge in [-0.25, -0.2) is 18.7 Å². The van der Waals surface area contributed by atoms with Gasteiger partial charge in [-0.2, -0.15) is 0 Å². The number of imide groups is 1. The molecule has 2 rings (SSSR count). The zero-order valence-corrected chi connectivity index (χ0v) is 10.7. The molecule has 1 N–H and O–H groups in total. The predicted octanol–water partition coefficient (Wildman–Crippen LogP) is 1.37. The summed E-state index contributed by atoms with van der Waals surface area (Å²) in [5.41, 5.74) is -0.340. The number of rotatable bonds is 6. The molecule has 1 aliphatic rings. The number of likely N-dealkylation sites (tertiary alicyclic amines) is 1. The van der Waals surface area contributed by atoms with Crippen LogP contribution < -0.4 is 5.32 Å². The molecule has 1 aliphatic heterocycles. The summed E-state index contributed by atoms with van der Waals surface area (Å²) in [6, 6.07) is 1.18. The zero-order valence-electron chi connectivity index (χ0n) is 10.7. The molecule has 1 fully saturated rings. The standard InChI is InChI=1S/C12H14F2N4O2/c13-12(14)8-6-9(17-7-16-8)15-4-1-5-18-10(19)2-3-11(18)20/h6-7,12H,1-5H2,(H,15,16,17). The molecule has 1 saturated heterocycles. The fourth-order valence-corrected chi connectivity index (χ4v) is 1.91. The number of carbonyl (C=O) groups excluding carboxylic acids is 2. The number of nitrogens with zero attached hydrogens (tertiary/aromatic N) is 3. The lowest BCUT2D eigenvalue weighted by molar-refractivity contribution is -0.138. The molecule has 0 saturated carbocycles. The van der Waals surface area contributed by atoms with E-state index in [0.717, 1.165) is 6.33 Å². The second kappa shape index (κ2) is 6.36. The Morgan fingerprint density at radius 2 is 1.95 bits per heavy atom. The van der Waals surface area contributed by atoms with Crippen molar-refractivity contribution in [1.82, 2.24) is 14.9 Å². The van der Waals surface area contributed by atoms with Gasteiger partial charge in [0.25, 0.3) is 6.43 Å². The van der Waals surface area contributed by atoms with Crippen LogP contribution >= 0.6 is 0 Å². The first-order chi connectivity index (χ1) is 9.58. The summed E-state index contributed by atoms with van der Waals surface area (Å²) in [4.78, 5) is 31.2. The first kappa shape index (κ1) is 14.3. The van der Waals surface area contributed by atoms with Crippen LogP contribution in [-0.4, -0.2) is 39.8 Å². The van der Waals surface area contributed by atoms with Crippen LogP contribution in [-0.2, 0) is 9.59 Å². The lowest BCUT2D eigenvalue weighted by Gasteiger charge is -2.13. The monoisotopic (exact) mass is 284 g/mol. The number of nitrogens with one attached hydrogen (secondary N) is 1. The molecule has 0 spiro atoms. The quantitative estimate of drug-likeness (QED) is 0.630. The van der Waals surface area contributed by atoms with Gasteiger partial charge in [-0.05, 0) is 6.42 Å². The highest BCUT2D eigenvalue weighted by atomic mass is 19.3. The first-order valence-electron chi connectivity index (χ1n) is 6.25. The van der Waals surface area contributed by atoms with Crippen LogP contribution in [0.25, 0.3) is 0 Å². The molecule has 2 amide bonds. The van der Waals surface area contributed by atoms with Crippen LogP contribution in [0.4, 0.5) is 14.6 Å². The zero-order chi connectivity index (χ0) is 14.5. The Hall–Kier alpha value is -2.12. The van der Waals surface area contributed by atoms with Crippen molar-refractivity contribution in [2.45, 2.75) is 25.7 Å². The minimum Gasteiger partial charge on any atom is -0.370 e. The maximum absolute atomic E-state index is 12.4. The van der Waals surface area contributed by atoms with Crippen LogP contribution in [0.1, 0.15) is 31.4 Å². The highest BCUT2D eigenvalue weighted by molar-refractivity contribution is 6.01. The molecule has 108 valence electrons. The minimum atomic E-state index is -2.64. The van der Waals surface area contributed by atoms with E-state index in [1.807, 2.05) is 0 Å². The van der Waals surface area contributed by atoms with E-state index in [4.69, 9.17) is 0 Å². The SMILES string of the molecule is O=C1CCC(=O)N1CCCNc1cc(C(F)F)ncn1. The minimum absolute atomic E-state index is 0.156. The van der Waals surface area contributed by atoms with Gasteiger partial charge in [0, 0.05) is 32.0 Å². The van der Waals surface area contributed by atoms with Gasteiger partial charge in [0.15, 0.2) is 0 Å². The maximum Gasteiger partial charge on any atom is 0.280 e. The van der Waals surface area contributed by atoms with E-state index < -0.39 is 6.43 Å². The third-order valence-electron chi connectivity index (χ3n) is 2.93. The van der Waals surface area contributed by atoms with Crippen molar-refractivity contribution in [3.05, 3.63) is 18.1 Å². The van der Waals surface area contributed by atoms with Crippen LogP contribution in [0.3, 0.4) is 0 Å². The highest BCUT2D eigenvalue weighted by Crippen LogP contribution is 2.17. The molecular weight excluding hydrogens is 270 g/mol. The number of hydrogen-bond acceptors (Lipinski definition) is 5. The summed E-state index contributed by atoms with van der Waals surface area (Å²) < 4.78 is 24.9. The van der Waals surface area contributed by atoms with Crippen LogP contribution in [0.2, 0.25) is 0 Å². The van der Waals surface area contributed by atoms with E-state index in [-0.39, 0.29) is 30.3 Å². The van der Waals surface area contributed by atoms with Gasteiger partial charge in [0.2, 0.25) is 11.8 Å². The van der Waals surface area contributed by atoms with Crippen LogP contribution in [0.15, 0.2) is 12.4 Å². The summed E-state index contributed by atoms with van der Waals surface area (Å²) in [5.74, 6) is -0.0107. The number of alkyl halides is 2. The fourth-order valence-electron chi connectivity index (χ4n) is 1.91. The smallest absolute Gasteiger partial charge is 0.280 e. The van der Waals surface area contributed by atoms with Crippen molar-refractivity contribution in [2.75, 3.05) is 18.4 Å². The average Bonchev–Trinajstić information content (AvgIpc) is 2.75. The lowest BCUT2D eigenvalue weighted by atomic mass is 10.3. The van der Waals surface area contributed by atoms with E-state index in [1.54, 1.807) is 0 Å². The Balaban J connectivity index is 1.77. The first-order valence-corrected chi connectivity index (χ1v) is 6.25. The van der Waals surface area contributed by atoms with Crippen molar-refractivity contribution in [2.24, 2.45) is 0 Å². The Bertz CT molecular complexity index is 494. The number of aromatic nitrogens is 2. The van der Waals surface area contributed by atoms with Gasteiger partial charge in [-0.1, -0.05) is 0 Å². The second-order valence-corrected chi connectivity index (χ2v) is 4.35. The molecule has 0 bridgehead atoms. The molecule has 2 heterocycles. The van der Waals surface area contributed by atoms with E-state index in [9.17, 15) is 18.4 Å². The Kier molecular flexibility index (Phi) is 4.54.